The number of nitrogens with one attached hydrogen (secondary N) is 1. The van der Waals surface area contributed by atoms with E-state index in [1.165, 1.54) is 0 Å². The van der Waals surface area contributed by atoms with Gasteiger partial charge in [0.2, 0.25) is 0 Å². The second-order valence-electron chi connectivity index (χ2n) is 7.25. The molecule has 0 aliphatic rings. The van der Waals surface area contributed by atoms with Crippen molar-refractivity contribution >= 4 is 5.91 Å². The number of carbonyl (C=O) groups excluding carboxylic acids is 1. The summed E-state index contributed by atoms with van der Waals surface area (Å²) in [5, 5.41) is 7.98. The number of benzene rings is 3. The molecule has 0 aliphatic heterocycles. The quantitative estimate of drug-likeness (QED) is 0.479. The second kappa shape index (κ2) is 8.78. The van der Waals surface area contributed by atoms with Crippen molar-refractivity contribution in [2.24, 2.45) is 0 Å². The summed E-state index contributed by atoms with van der Waals surface area (Å²) in [4.78, 5) is 13.4. The molecule has 4 heteroatoms. The maximum atomic E-state index is 13.4. The highest BCUT2D eigenvalue weighted by Crippen LogP contribution is 2.28. The molecule has 0 saturated carbocycles. The maximum Gasteiger partial charge on any atom is 0.255 e. The van der Waals surface area contributed by atoms with Gasteiger partial charge in [-0.25, -0.2) is 4.68 Å². The van der Waals surface area contributed by atoms with Crippen molar-refractivity contribution in [3.05, 3.63) is 107 Å². The Balaban J connectivity index is 1.77. The Kier molecular flexibility index (Phi) is 5.75. The Labute approximate surface area is 177 Å². The van der Waals surface area contributed by atoms with Crippen molar-refractivity contribution < 1.29 is 4.79 Å². The SMILES string of the molecule is CCc1c(C(=O)NCc2ccccc2C)c(-c2ccccc2)nn1-c1ccccc1. The van der Waals surface area contributed by atoms with E-state index >= 15 is 0 Å². The van der Waals surface area contributed by atoms with Crippen LogP contribution in [-0.4, -0.2) is 15.7 Å². The van der Waals surface area contributed by atoms with E-state index in [4.69, 9.17) is 5.10 Å². The topological polar surface area (TPSA) is 46.9 Å². The van der Waals surface area contributed by atoms with Gasteiger partial charge in [0.05, 0.1) is 16.9 Å². The Morgan fingerprint density at radius 3 is 2.20 bits per heavy atom. The highest BCUT2D eigenvalue weighted by Gasteiger charge is 2.24. The average molecular weight is 396 g/mol. The lowest BCUT2D eigenvalue weighted by molar-refractivity contribution is 0.0950. The van der Waals surface area contributed by atoms with E-state index in [1.807, 2.05) is 83.5 Å². The fourth-order valence-electron chi connectivity index (χ4n) is 3.67. The van der Waals surface area contributed by atoms with Crippen molar-refractivity contribution in [2.75, 3.05) is 0 Å². The molecule has 1 heterocycles. The van der Waals surface area contributed by atoms with E-state index in [1.54, 1.807) is 0 Å². The minimum absolute atomic E-state index is 0.101. The highest BCUT2D eigenvalue weighted by molar-refractivity contribution is 6.01. The lowest BCUT2D eigenvalue weighted by atomic mass is 10.0. The number of rotatable bonds is 6. The van der Waals surface area contributed by atoms with Gasteiger partial charge in [-0.15, -0.1) is 0 Å². The summed E-state index contributed by atoms with van der Waals surface area (Å²) >= 11 is 0. The predicted octanol–water partition coefficient (Wildman–Crippen LogP) is 5.34. The van der Waals surface area contributed by atoms with Crippen LogP contribution in [0.25, 0.3) is 16.9 Å². The van der Waals surface area contributed by atoms with Crippen LogP contribution >= 0.6 is 0 Å². The third kappa shape index (κ3) is 3.90. The Bertz CT molecular complexity index is 1150. The van der Waals surface area contributed by atoms with Gasteiger partial charge in [0.15, 0.2) is 0 Å². The second-order valence-corrected chi connectivity index (χ2v) is 7.25. The first-order chi connectivity index (χ1) is 14.7. The summed E-state index contributed by atoms with van der Waals surface area (Å²) in [5.74, 6) is -0.101. The summed E-state index contributed by atoms with van der Waals surface area (Å²) in [7, 11) is 0. The molecule has 0 saturated heterocycles. The van der Waals surface area contributed by atoms with Crippen LogP contribution in [0.3, 0.4) is 0 Å². The molecular formula is C26H25N3O. The van der Waals surface area contributed by atoms with Gasteiger partial charge in [-0.1, -0.05) is 79.7 Å². The molecule has 1 aromatic heterocycles. The van der Waals surface area contributed by atoms with E-state index in [2.05, 4.69) is 25.2 Å². The van der Waals surface area contributed by atoms with Crippen LogP contribution < -0.4 is 5.32 Å². The van der Waals surface area contributed by atoms with Crippen LogP contribution in [-0.2, 0) is 13.0 Å². The number of hydrogen-bond acceptors (Lipinski definition) is 2. The molecule has 0 radical (unpaired) electrons. The van der Waals surface area contributed by atoms with Crippen molar-refractivity contribution in [2.45, 2.75) is 26.8 Å². The molecule has 4 aromatic rings. The van der Waals surface area contributed by atoms with Crippen LogP contribution in [0.4, 0.5) is 0 Å². The number of carbonyl (C=O) groups is 1. The van der Waals surface area contributed by atoms with Crippen molar-refractivity contribution in [3.8, 4) is 16.9 Å². The first-order valence-electron chi connectivity index (χ1n) is 10.2. The lowest BCUT2D eigenvalue weighted by Gasteiger charge is -2.10. The molecule has 30 heavy (non-hydrogen) atoms. The Morgan fingerprint density at radius 1 is 0.900 bits per heavy atom. The van der Waals surface area contributed by atoms with Crippen LogP contribution in [0, 0.1) is 6.92 Å². The summed E-state index contributed by atoms with van der Waals surface area (Å²) < 4.78 is 1.89. The fraction of sp³-hybridized carbons (Fsp3) is 0.154. The van der Waals surface area contributed by atoms with Gasteiger partial charge in [-0.2, -0.15) is 5.10 Å². The maximum absolute atomic E-state index is 13.4. The zero-order chi connectivity index (χ0) is 20.9. The fourth-order valence-corrected chi connectivity index (χ4v) is 3.67. The Morgan fingerprint density at radius 2 is 1.53 bits per heavy atom. The zero-order valence-electron chi connectivity index (χ0n) is 17.3. The molecule has 1 N–H and O–H groups in total. The number of amides is 1. The van der Waals surface area contributed by atoms with Crippen LogP contribution in [0.15, 0.2) is 84.9 Å². The molecule has 0 spiro atoms. The van der Waals surface area contributed by atoms with Gasteiger partial charge >= 0.3 is 0 Å². The van der Waals surface area contributed by atoms with E-state index in [0.29, 0.717) is 24.2 Å². The largest absolute Gasteiger partial charge is 0.348 e. The number of hydrogen-bond donors (Lipinski definition) is 1. The zero-order valence-corrected chi connectivity index (χ0v) is 17.3. The summed E-state index contributed by atoms with van der Waals surface area (Å²) in [5.41, 5.74) is 6.41. The van der Waals surface area contributed by atoms with Crippen molar-refractivity contribution in [3.63, 3.8) is 0 Å². The predicted molar refractivity (Wildman–Crippen MR) is 121 cm³/mol. The van der Waals surface area contributed by atoms with Gasteiger partial charge < -0.3 is 5.32 Å². The molecule has 3 aromatic carbocycles. The average Bonchev–Trinajstić information content (AvgIpc) is 3.19. The minimum atomic E-state index is -0.101. The summed E-state index contributed by atoms with van der Waals surface area (Å²) in [6.45, 7) is 4.60. The molecule has 0 fully saturated rings. The van der Waals surface area contributed by atoms with Crippen molar-refractivity contribution in [1.29, 1.82) is 0 Å². The van der Waals surface area contributed by atoms with E-state index in [0.717, 1.165) is 28.1 Å². The summed E-state index contributed by atoms with van der Waals surface area (Å²) in [6, 6.07) is 28.0. The third-order valence-corrected chi connectivity index (χ3v) is 5.29. The number of aromatic nitrogens is 2. The number of para-hydroxylation sites is 1. The summed E-state index contributed by atoms with van der Waals surface area (Å²) in [6.07, 6.45) is 0.696. The monoisotopic (exact) mass is 395 g/mol. The molecule has 0 bridgehead atoms. The van der Waals surface area contributed by atoms with Crippen LogP contribution in [0.1, 0.15) is 34.1 Å². The lowest BCUT2D eigenvalue weighted by Crippen LogP contribution is -2.24. The normalized spacial score (nSPS) is 10.7. The van der Waals surface area contributed by atoms with E-state index in [9.17, 15) is 4.79 Å². The van der Waals surface area contributed by atoms with Gasteiger partial charge in [-0.3, -0.25) is 4.79 Å². The molecular weight excluding hydrogens is 370 g/mol. The van der Waals surface area contributed by atoms with Crippen molar-refractivity contribution in [1.82, 2.24) is 15.1 Å². The highest BCUT2D eigenvalue weighted by atomic mass is 16.1. The van der Waals surface area contributed by atoms with Gasteiger partial charge in [-0.05, 0) is 36.6 Å². The van der Waals surface area contributed by atoms with Gasteiger partial charge in [0.25, 0.3) is 5.91 Å². The molecule has 1 amide bonds. The van der Waals surface area contributed by atoms with E-state index < -0.39 is 0 Å². The first-order valence-corrected chi connectivity index (χ1v) is 10.2. The number of nitrogens with zero attached hydrogens (tertiary/aromatic N) is 2. The Hall–Kier alpha value is -3.66. The molecule has 150 valence electrons. The standard InChI is InChI=1S/C26H25N3O/c1-3-23-24(26(30)27-18-21-15-11-10-12-19(21)2)25(20-13-6-4-7-14-20)28-29(23)22-16-8-5-9-17-22/h4-17H,3,18H2,1-2H3,(H,27,30). The van der Waals surface area contributed by atoms with Gasteiger partial charge in [0, 0.05) is 12.1 Å². The first kappa shape index (κ1) is 19.6. The molecule has 0 unspecified atom stereocenters. The number of aryl methyl sites for hydroxylation is 1. The minimum Gasteiger partial charge on any atom is -0.348 e. The molecule has 4 nitrogen and oxygen atoms in total. The molecule has 4 rings (SSSR count). The smallest absolute Gasteiger partial charge is 0.255 e. The third-order valence-electron chi connectivity index (χ3n) is 5.29. The van der Waals surface area contributed by atoms with Gasteiger partial charge in [0.1, 0.15) is 5.69 Å². The van der Waals surface area contributed by atoms with Crippen LogP contribution in [0.5, 0.6) is 0 Å². The van der Waals surface area contributed by atoms with Crippen LogP contribution in [0.2, 0.25) is 0 Å². The van der Waals surface area contributed by atoms with E-state index in [-0.39, 0.29) is 5.91 Å². The molecule has 0 aliphatic carbocycles. The molecule has 0 atom stereocenters.